The molecule has 0 saturated carbocycles. The third kappa shape index (κ3) is 2.82. The molecule has 2 heterocycles. The van der Waals surface area contributed by atoms with E-state index in [2.05, 4.69) is 0 Å². The maximum Gasteiger partial charge on any atom is 0.415 e. The SMILES string of the molecule is CCC(=O)C1=CCC2C=CC1CN2C(=O)Oc1ccccc1. The van der Waals surface area contributed by atoms with Crippen LogP contribution in [0.5, 0.6) is 5.75 Å². The van der Waals surface area contributed by atoms with Gasteiger partial charge >= 0.3 is 6.09 Å². The molecule has 1 aliphatic carbocycles. The van der Waals surface area contributed by atoms with Gasteiger partial charge in [-0.2, -0.15) is 0 Å². The molecule has 2 unspecified atom stereocenters. The van der Waals surface area contributed by atoms with Crippen LogP contribution in [0.3, 0.4) is 0 Å². The Morgan fingerprint density at radius 3 is 2.73 bits per heavy atom. The fourth-order valence-corrected chi connectivity index (χ4v) is 2.96. The first-order valence-electron chi connectivity index (χ1n) is 7.64. The van der Waals surface area contributed by atoms with Crippen molar-refractivity contribution in [3.05, 3.63) is 54.1 Å². The van der Waals surface area contributed by atoms with Crippen LogP contribution >= 0.6 is 0 Å². The fraction of sp³-hybridized carbons (Fsp3) is 0.333. The van der Waals surface area contributed by atoms with Crippen LogP contribution in [0.25, 0.3) is 0 Å². The van der Waals surface area contributed by atoms with Crippen molar-refractivity contribution >= 4 is 11.9 Å². The maximum atomic E-state index is 12.4. The van der Waals surface area contributed by atoms with E-state index in [1.54, 1.807) is 17.0 Å². The van der Waals surface area contributed by atoms with Gasteiger partial charge in [-0.05, 0) is 24.1 Å². The van der Waals surface area contributed by atoms with Crippen molar-refractivity contribution in [2.75, 3.05) is 6.54 Å². The normalized spacial score (nSPS) is 23.0. The lowest BCUT2D eigenvalue weighted by Crippen LogP contribution is -2.45. The second kappa shape index (κ2) is 6.18. The number of hydrogen-bond acceptors (Lipinski definition) is 3. The molecular formula is C18H19NO3. The molecule has 4 nitrogen and oxygen atoms in total. The van der Waals surface area contributed by atoms with Gasteiger partial charge in [0.2, 0.25) is 0 Å². The van der Waals surface area contributed by atoms with Crippen molar-refractivity contribution in [1.29, 1.82) is 0 Å². The molecule has 114 valence electrons. The van der Waals surface area contributed by atoms with Crippen molar-refractivity contribution in [3.8, 4) is 5.75 Å². The van der Waals surface area contributed by atoms with Crippen LogP contribution in [0.4, 0.5) is 4.79 Å². The molecule has 4 rings (SSSR count). The van der Waals surface area contributed by atoms with Gasteiger partial charge in [-0.1, -0.05) is 43.4 Å². The number of Topliss-reactive ketones (excluding diaryl/α,β-unsaturated/α-hetero) is 1. The summed E-state index contributed by atoms with van der Waals surface area (Å²) in [6.07, 6.45) is 6.84. The Hall–Kier alpha value is -2.36. The van der Waals surface area contributed by atoms with Crippen LogP contribution in [0, 0.1) is 5.92 Å². The third-order valence-electron chi connectivity index (χ3n) is 4.16. The largest absolute Gasteiger partial charge is 0.415 e. The first kappa shape index (κ1) is 14.6. The van der Waals surface area contributed by atoms with Crippen molar-refractivity contribution in [2.45, 2.75) is 25.8 Å². The molecule has 4 heteroatoms. The zero-order valence-electron chi connectivity index (χ0n) is 12.6. The minimum atomic E-state index is -0.357. The highest BCUT2D eigenvalue weighted by molar-refractivity contribution is 5.96. The molecule has 0 spiro atoms. The van der Waals surface area contributed by atoms with E-state index in [0.717, 1.165) is 5.57 Å². The minimum Gasteiger partial charge on any atom is -0.410 e. The lowest BCUT2D eigenvalue weighted by atomic mass is 9.93. The van der Waals surface area contributed by atoms with Crippen molar-refractivity contribution < 1.29 is 14.3 Å². The summed E-state index contributed by atoms with van der Waals surface area (Å²) in [7, 11) is 0. The summed E-state index contributed by atoms with van der Waals surface area (Å²) < 4.78 is 5.43. The predicted octanol–water partition coefficient (Wildman–Crippen LogP) is 3.35. The topological polar surface area (TPSA) is 46.6 Å². The Bertz CT molecular complexity index is 633. The first-order valence-corrected chi connectivity index (χ1v) is 7.64. The minimum absolute atomic E-state index is 0.0190. The summed E-state index contributed by atoms with van der Waals surface area (Å²) >= 11 is 0. The maximum absolute atomic E-state index is 12.4. The van der Waals surface area contributed by atoms with Gasteiger partial charge in [0.25, 0.3) is 0 Å². The number of carbonyl (C=O) groups is 2. The summed E-state index contributed by atoms with van der Waals surface area (Å²) in [5, 5.41) is 0. The molecule has 0 radical (unpaired) electrons. The lowest BCUT2D eigenvalue weighted by Gasteiger charge is -2.32. The third-order valence-corrected chi connectivity index (χ3v) is 4.16. The highest BCUT2D eigenvalue weighted by Crippen LogP contribution is 2.30. The van der Waals surface area contributed by atoms with E-state index in [9.17, 15) is 9.59 Å². The highest BCUT2D eigenvalue weighted by Gasteiger charge is 2.34. The number of fused-ring (bicyclic) bond motifs is 2. The van der Waals surface area contributed by atoms with Gasteiger partial charge in [0, 0.05) is 18.9 Å². The van der Waals surface area contributed by atoms with Gasteiger partial charge in [0.05, 0.1) is 6.04 Å². The van der Waals surface area contributed by atoms with E-state index in [1.807, 2.05) is 43.4 Å². The zero-order chi connectivity index (χ0) is 15.5. The Labute approximate surface area is 130 Å². The molecule has 2 bridgehead atoms. The van der Waals surface area contributed by atoms with Crippen molar-refractivity contribution in [2.24, 2.45) is 5.92 Å². The molecule has 0 fully saturated rings. The molecular weight excluding hydrogens is 278 g/mol. The summed E-state index contributed by atoms with van der Waals surface area (Å²) in [6, 6.07) is 9.02. The van der Waals surface area contributed by atoms with Crippen LogP contribution in [-0.4, -0.2) is 29.4 Å². The number of nitrogens with zero attached hydrogens (tertiary/aromatic N) is 1. The van der Waals surface area contributed by atoms with E-state index in [-0.39, 0.29) is 23.8 Å². The number of ketones is 1. The van der Waals surface area contributed by atoms with Gasteiger partial charge in [0.15, 0.2) is 5.78 Å². The summed E-state index contributed by atoms with van der Waals surface area (Å²) in [5.74, 6) is 0.678. The molecule has 1 aromatic carbocycles. The monoisotopic (exact) mass is 297 g/mol. The second-order valence-electron chi connectivity index (χ2n) is 5.56. The highest BCUT2D eigenvalue weighted by atomic mass is 16.6. The quantitative estimate of drug-likeness (QED) is 0.804. The summed E-state index contributed by atoms with van der Waals surface area (Å²) in [4.78, 5) is 26.2. The first-order chi connectivity index (χ1) is 10.7. The summed E-state index contributed by atoms with van der Waals surface area (Å²) in [6.45, 7) is 2.37. The van der Waals surface area contributed by atoms with Crippen LogP contribution < -0.4 is 4.74 Å². The van der Waals surface area contributed by atoms with Crippen LogP contribution in [0.1, 0.15) is 19.8 Å². The number of para-hydroxylation sites is 1. The number of benzene rings is 1. The molecule has 22 heavy (non-hydrogen) atoms. The van der Waals surface area contributed by atoms with Gasteiger partial charge in [-0.15, -0.1) is 0 Å². The average molecular weight is 297 g/mol. The van der Waals surface area contributed by atoms with Gasteiger partial charge in [0.1, 0.15) is 5.75 Å². The van der Waals surface area contributed by atoms with E-state index >= 15 is 0 Å². The summed E-state index contributed by atoms with van der Waals surface area (Å²) in [5.41, 5.74) is 0.830. The van der Waals surface area contributed by atoms with E-state index in [4.69, 9.17) is 4.74 Å². The molecule has 2 aliphatic heterocycles. The molecule has 1 aromatic rings. The smallest absolute Gasteiger partial charge is 0.410 e. The number of amides is 1. The van der Waals surface area contributed by atoms with E-state index < -0.39 is 0 Å². The fourth-order valence-electron chi connectivity index (χ4n) is 2.96. The number of ether oxygens (including phenoxy) is 1. The number of carbonyl (C=O) groups excluding carboxylic acids is 2. The van der Waals surface area contributed by atoms with Gasteiger partial charge in [-0.25, -0.2) is 4.79 Å². The molecule has 3 aliphatic rings. The molecule has 1 amide bonds. The second-order valence-corrected chi connectivity index (χ2v) is 5.56. The molecule has 0 saturated heterocycles. The predicted molar refractivity (Wildman–Crippen MR) is 83.6 cm³/mol. The average Bonchev–Trinajstić information content (AvgIpc) is 2.87. The van der Waals surface area contributed by atoms with Crippen LogP contribution in [0.15, 0.2) is 54.1 Å². The Balaban J connectivity index is 1.74. The number of rotatable bonds is 3. The molecule has 2 atom stereocenters. The van der Waals surface area contributed by atoms with E-state index in [0.29, 0.717) is 25.1 Å². The number of hydrogen-bond donors (Lipinski definition) is 0. The Morgan fingerprint density at radius 1 is 1.23 bits per heavy atom. The zero-order valence-corrected chi connectivity index (χ0v) is 12.6. The van der Waals surface area contributed by atoms with Gasteiger partial charge < -0.3 is 9.64 Å². The van der Waals surface area contributed by atoms with Crippen molar-refractivity contribution in [3.63, 3.8) is 0 Å². The van der Waals surface area contributed by atoms with E-state index in [1.165, 1.54) is 0 Å². The molecule has 0 N–H and O–H groups in total. The van der Waals surface area contributed by atoms with Crippen molar-refractivity contribution in [1.82, 2.24) is 4.90 Å². The Kier molecular flexibility index (Phi) is 4.09. The standard InChI is InChI=1S/C18H19NO3/c1-2-17(20)16-11-10-14-9-8-13(16)12-19(14)18(21)22-15-6-4-3-5-7-15/h3-9,11,13-14H,2,10,12H2,1H3. The van der Waals surface area contributed by atoms with Gasteiger partial charge in [-0.3, -0.25) is 4.79 Å². The Morgan fingerprint density at radius 2 is 2.00 bits per heavy atom. The van der Waals surface area contributed by atoms with Crippen LogP contribution in [0.2, 0.25) is 0 Å². The molecule has 0 aromatic heterocycles. The van der Waals surface area contributed by atoms with Crippen LogP contribution in [-0.2, 0) is 4.79 Å². The lowest BCUT2D eigenvalue weighted by molar-refractivity contribution is -0.115.